The van der Waals surface area contributed by atoms with Gasteiger partial charge in [-0.05, 0) is 31.2 Å². The van der Waals surface area contributed by atoms with E-state index in [4.69, 9.17) is 0 Å². The first kappa shape index (κ1) is 11.6. The summed E-state index contributed by atoms with van der Waals surface area (Å²) in [6.07, 6.45) is 4.13. The molecule has 1 heterocycles. The number of ketones is 2. The molecule has 2 aliphatic carbocycles. The van der Waals surface area contributed by atoms with E-state index in [1.807, 2.05) is 23.7 Å². The Kier molecular flexibility index (Phi) is 2.28. The Labute approximate surface area is 117 Å². The third-order valence-corrected chi connectivity index (χ3v) is 4.58. The van der Waals surface area contributed by atoms with Crippen LogP contribution in [-0.4, -0.2) is 16.1 Å². The second-order valence-corrected chi connectivity index (χ2v) is 5.62. The molecule has 0 fully saturated rings. The van der Waals surface area contributed by atoms with Crippen molar-refractivity contribution >= 4 is 11.6 Å². The minimum absolute atomic E-state index is 0.00731. The third kappa shape index (κ3) is 1.30. The van der Waals surface area contributed by atoms with Crippen molar-refractivity contribution in [2.24, 2.45) is 7.05 Å². The van der Waals surface area contributed by atoms with Gasteiger partial charge in [0.25, 0.3) is 0 Å². The topological polar surface area (TPSA) is 39.1 Å². The number of hydrogen-bond acceptors (Lipinski definition) is 2. The highest BCUT2D eigenvalue weighted by Crippen LogP contribution is 2.36. The van der Waals surface area contributed by atoms with E-state index in [-0.39, 0.29) is 11.6 Å². The molecule has 0 radical (unpaired) electrons. The summed E-state index contributed by atoms with van der Waals surface area (Å²) in [5.41, 5.74) is 4.66. The number of fused-ring (bicyclic) bond motifs is 4. The predicted molar refractivity (Wildman–Crippen MR) is 75.4 cm³/mol. The molecule has 0 bridgehead atoms. The number of aromatic nitrogens is 1. The first-order valence-electron chi connectivity index (χ1n) is 7.09. The quantitative estimate of drug-likeness (QED) is 0.627. The fourth-order valence-corrected chi connectivity index (χ4v) is 3.63. The first-order valence-corrected chi connectivity index (χ1v) is 7.09. The van der Waals surface area contributed by atoms with Crippen LogP contribution in [0.3, 0.4) is 0 Å². The van der Waals surface area contributed by atoms with Gasteiger partial charge in [0.2, 0.25) is 5.78 Å². The zero-order valence-corrected chi connectivity index (χ0v) is 11.4. The van der Waals surface area contributed by atoms with Crippen molar-refractivity contribution in [2.75, 3.05) is 0 Å². The third-order valence-electron chi connectivity index (χ3n) is 4.58. The van der Waals surface area contributed by atoms with Gasteiger partial charge in [0.05, 0.1) is 5.56 Å². The molecule has 0 amide bonds. The second kappa shape index (κ2) is 3.92. The number of carbonyl (C=O) groups is 2. The molecule has 3 nitrogen and oxygen atoms in total. The minimum Gasteiger partial charge on any atom is -0.344 e. The normalized spacial score (nSPS) is 16.6. The van der Waals surface area contributed by atoms with E-state index >= 15 is 0 Å². The largest absolute Gasteiger partial charge is 0.344 e. The maximum Gasteiger partial charge on any atom is 0.210 e. The van der Waals surface area contributed by atoms with Crippen LogP contribution in [0.4, 0.5) is 0 Å². The number of carbonyl (C=O) groups excluding carboxylic acids is 2. The maximum atomic E-state index is 12.8. The predicted octanol–water partition coefficient (Wildman–Crippen LogP) is 2.68. The van der Waals surface area contributed by atoms with Gasteiger partial charge in [0, 0.05) is 23.9 Å². The van der Waals surface area contributed by atoms with Crippen LogP contribution in [0, 0.1) is 0 Å². The lowest BCUT2D eigenvalue weighted by molar-refractivity contribution is 0.0973. The molecule has 1 aromatic heterocycles. The van der Waals surface area contributed by atoms with Crippen LogP contribution in [-0.2, 0) is 19.9 Å². The molecule has 0 aliphatic heterocycles. The molecule has 1 aromatic carbocycles. The standard InChI is InChI=1S/C17H15NO2/c1-18-13-9-5-4-8-12(13)14-15(18)17(20)11-7-3-2-6-10(11)16(14)19/h2-3,6-7H,4-5,8-9H2,1H3. The Hall–Kier alpha value is -2.16. The summed E-state index contributed by atoms with van der Waals surface area (Å²) < 4.78 is 1.96. The van der Waals surface area contributed by atoms with Crippen LogP contribution < -0.4 is 0 Å². The maximum absolute atomic E-state index is 12.8. The van der Waals surface area contributed by atoms with E-state index in [2.05, 4.69) is 0 Å². The van der Waals surface area contributed by atoms with Gasteiger partial charge in [0.1, 0.15) is 5.69 Å². The van der Waals surface area contributed by atoms with Gasteiger partial charge in [-0.3, -0.25) is 9.59 Å². The van der Waals surface area contributed by atoms with Crippen molar-refractivity contribution in [3.63, 3.8) is 0 Å². The summed E-state index contributed by atoms with van der Waals surface area (Å²) in [5, 5.41) is 0. The van der Waals surface area contributed by atoms with Crippen molar-refractivity contribution in [2.45, 2.75) is 25.7 Å². The Morgan fingerprint density at radius 3 is 2.35 bits per heavy atom. The highest BCUT2D eigenvalue weighted by atomic mass is 16.1. The first-order chi connectivity index (χ1) is 9.70. The molecule has 0 spiro atoms. The molecule has 0 N–H and O–H groups in total. The Morgan fingerprint density at radius 1 is 0.950 bits per heavy atom. The summed E-state index contributed by atoms with van der Waals surface area (Å²) >= 11 is 0. The average Bonchev–Trinajstić information content (AvgIpc) is 2.79. The summed E-state index contributed by atoms with van der Waals surface area (Å²) in [4.78, 5) is 25.5. The van der Waals surface area contributed by atoms with Crippen molar-refractivity contribution in [3.05, 3.63) is 57.9 Å². The van der Waals surface area contributed by atoms with Crippen molar-refractivity contribution in [3.8, 4) is 0 Å². The molecule has 2 aliphatic rings. The smallest absolute Gasteiger partial charge is 0.210 e. The van der Waals surface area contributed by atoms with E-state index in [0.717, 1.165) is 31.2 Å². The van der Waals surface area contributed by atoms with Gasteiger partial charge in [-0.1, -0.05) is 24.3 Å². The molecular formula is C17H15NO2. The highest BCUT2D eigenvalue weighted by Gasteiger charge is 2.36. The fraction of sp³-hybridized carbons (Fsp3) is 0.294. The second-order valence-electron chi connectivity index (χ2n) is 5.62. The molecule has 20 heavy (non-hydrogen) atoms. The van der Waals surface area contributed by atoms with Gasteiger partial charge < -0.3 is 4.57 Å². The average molecular weight is 265 g/mol. The molecule has 3 heteroatoms. The monoisotopic (exact) mass is 265 g/mol. The molecule has 4 rings (SSSR count). The zero-order chi connectivity index (χ0) is 13.9. The minimum atomic E-state index is -0.00731. The molecule has 2 aromatic rings. The summed E-state index contributed by atoms with van der Waals surface area (Å²) in [6, 6.07) is 7.16. The molecule has 0 saturated heterocycles. The number of hydrogen-bond donors (Lipinski definition) is 0. The zero-order valence-electron chi connectivity index (χ0n) is 11.4. The lowest BCUT2D eigenvalue weighted by atomic mass is 9.84. The molecule has 0 atom stereocenters. The number of benzene rings is 1. The van der Waals surface area contributed by atoms with Crippen molar-refractivity contribution < 1.29 is 9.59 Å². The lowest BCUT2D eigenvalue weighted by Crippen LogP contribution is -2.22. The molecule has 100 valence electrons. The van der Waals surface area contributed by atoms with Gasteiger partial charge >= 0.3 is 0 Å². The van der Waals surface area contributed by atoms with E-state index in [1.54, 1.807) is 12.1 Å². The molecule has 0 unspecified atom stereocenters. The SMILES string of the molecule is Cn1c2c(c3c1C(=O)c1ccccc1C3=O)CCCC2. The molecular weight excluding hydrogens is 250 g/mol. The summed E-state index contributed by atoms with van der Waals surface area (Å²) in [7, 11) is 1.92. The van der Waals surface area contributed by atoms with Gasteiger partial charge in [-0.25, -0.2) is 0 Å². The van der Waals surface area contributed by atoms with Crippen molar-refractivity contribution in [1.29, 1.82) is 0 Å². The van der Waals surface area contributed by atoms with Crippen LogP contribution >= 0.6 is 0 Å². The molecule has 0 saturated carbocycles. The van der Waals surface area contributed by atoms with E-state index in [0.29, 0.717) is 22.4 Å². The Bertz CT molecular complexity index is 768. The number of rotatable bonds is 0. The van der Waals surface area contributed by atoms with Gasteiger partial charge in [0.15, 0.2) is 5.78 Å². The fourth-order valence-electron chi connectivity index (χ4n) is 3.63. The Balaban J connectivity index is 2.06. The van der Waals surface area contributed by atoms with Crippen molar-refractivity contribution in [1.82, 2.24) is 4.57 Å². The van der Waals surface area contributed by atoms with Gasteiger partial charge in [-0.2, -0.15) is 0 Å². The summed E-state index contributed by atoms with van der Waals surface area (Å²) in [5.74, 6) is 0.0149. The number of nitrogens with zero attached hydrogens (tertiary/aromatic N) is 1. The van der Waals surface area contributed by atoms with E-state index in [1.165, 1.54) is 5.69 Å². The summed E-state index contributed by atoms with van der Waals surface area (Å²) in [6.45, 7) is 0. The van der Waals surface area contributed by atoms with Crippen LogP contribution in [0.2, 0.25) is 0 Å². The van der Waals surface area contributed by atoms with Crippen LogP contribution in [0.5, 0.6) is 0 Å². The van der Waals surface area contributed by atoms with E-state index < -0.39 is 0 Å². The van der Waals surface area contributed by atoms with Crippen LogP contribution in [0.1, 0.15) is 56.1 Å². The lowest BCUT2D eigenvalue weighted by Gasteiger charge is -2.16. The van der Waals surface area contributed by atoms with E-state index in [9.17, 15) is 9.59 Å². The Morgan fingerprint density at radius 2 is 1.60 bits per heavy atom. The van der Waals surface area contributed by atoms with Crippen LogP contribution in [0.15, 0.2) is 24.3 Å². The van der Waals surface area contributed by atoms with Crippen LogP contribution in [0.25, 0.3) is 0 Å². The highest BCUT2D eigenvalue weighted by molar-refractivity contribution is 6.28. The van der Waals surface area contributed by atoms with Gasteiger partial charge in [-0.15, -0.1) is 0 Å².